The predicted molar refractivity (Wildman–Crippen MR) is 99.8 cm³/mol. The lowest BCUT2D eigenvalue weighted by molar-refractivity contribution is -0.146. The quantitative estimate of drug-likeness (QED) is 0.817. The summed E-state index contributed by atoms with van der Waals surface area (Å²) in [5, 5.41) is 4.64. The van der Waals surface area contributed by atoms with E-state index in [1.54, 1.807) is 0 Å². The maximum absolute atomic E-state index is 12.3. The summed E-state index contributed by atoms with van der Waals surface area (Å²) in [6, 6.07) is 6.64. The van der Waals surface area contributed by atoms with E-state index in [0.717, 1.165) is 0 Å². The van der Waals surface area contributed by atoms with Gasteiger partial charge in [-0.2, -0.15) is 0 Å². The Morgan fingerprint density at radius 2 is 2.04 bits per heavy atom. The molecule has 4 rings (SSSR count). The summed E-state index contributed by atoms with van der Waals surface area (Å²) in [5.41, 5.74) is 5.16. The summed E-state index contributed by atoms with van der Waals surface area (Å²) >= 11 is 0. The van der Waals surface area contributed by atoms with Gasteiger partial charge in [0.2, 0.25) is 0 Å². The SMILES string of the molecule is CCOC(=O)C1NCc2[nH]c3ccc(C4CCCCC4)cc3c2C1C. The number of carbonyl (C=O) groups is 1. The maximum Gasteiger partial charge on any atom is 0.323 e. The van der Waals surface area contributed by atoms with Crippen LogP contribution >= 0.6 is 0 Å². The second kappa shape index (κ2) is 6.83. The van der Waals surface area contributed by atoms with Gasteiger partial charge >= 0.3 is 5.97 Å². The van der Waals surface area contributed by atoms with Crippen molar-refractivity contribution in [3.8, 4) is 0 Å². The monoisotopic (exact) mass is 340 g/mol. The zero-order valence-electron chi connectivity index (χ0n) is 15.2. The molecule has 1 saturated carbocycles. The smallest absolute Gasteiger partial charge is 0.323 e. The molecule has 0 radical (unpaired) electrons. The lowest BCUT2D eigenvalue weighted by atomic mass is 9.82. The number of H-pyrrole nitrogens is 1. The minimum atomic E-state index is -0.259. The summed E-state index contributed by atoms with van der Waals surface area (Å²) < 4.78 is 5.26. The maximum atomic E-state index is 12.3. The molecule has 0 bridgehead atoms. The van der Waals surface area contributed by atoms with E-state index in [0.29, 0.717) is 19.1 Å². The largest absolute Gasteiger partial charge is 0.465 e. The van der Waals surface area contributed by atoms with Crippen molar-refractivity contribution >= 4 is 16.9 Å². The van der Waals surface area contributed by atoms with Crippen molar-refractivity contribution in [2.24, 2.45) is 0 Å². The Hall–Kier alpha value is -1.81. The normalized spacial score (nSPS) is 24.2. The molecule has 0 saturated heterocycles. The Kier molecular flexibility index (Phi) is 4.55. The molecule has 2 atom stereocenters. The van der Waals surface area contributed by atoms with Crippen LogP contribution in [0.2, 0.25) is 0 Å². The third kappa shape index (κ3) is 2.97. The van der Waals surface area contributed by atoms with Crippen LogP contribution in [0.15, 0.2) is 18.2 Å². The minimum absolute atomic E-state index is 0.109. The zero-order chi connectivity index (χ0) is 17.4. The van der Waals surface area contributed by atoms with Crippen LogP contribution in [-0.2, 0) is 16.1 Å². The number of nitrogens with one attached hydrogen (secondary N) is 2. The number of hydrogen-bond acceptors (Lipinski definition) is 3. The van der Waals surface area contributed by atoms with Crippen molar-refractivity contribution in [1.82, 2.24) is 10.3 Å². The van der Waals surface area contributed by atoms with Crippen molar-refractivity contribution < 1.29 is 9.53 Å². The van der Waals surface area contributed by atoms with E-state index in [1.807, 2.05) is 6.92 Å². The fraction of sp³-hybridized carbons (Fsp3) is 0.571. The first-order valence-corrected chi connectivity index (χ1v) is 9.73. The number of benzene rings is 1. The molecule has 0 spiro atoms. The van der Waals surface area contributed by atoms with Gasteiger partial charge in [-0.25, -0.2) is 0 Å². The molecule has 2 N–H and O–H groups in total. The highest BCUT2D eigenvalue weighted by Crippen LogP contribution is 2.38. The molecule has 134 valence electrons. The first-order valence-electron chi connectivity index (χ1n) is 9.73. The van der Waals surface area contributed by atoms with E-state index < -0.39 is 0 Å². The van der Waals surface area contributed by atoms with Gasteiger partial charge in [0.25, 0.3) is 0 Å². The topological polar surface area (TPSA) is 54.1 Å². The van der Waals surface area contributed by atoms with E-state index in [1.165, 1.54) is 59.8 Å². The summed E-state index contributed by atoms with van der Waals surface area (Å²) in [5.74, 6) is 0.665. The first kappa shape index (κ1) is 16.6. The third-order valence-corrected chi connectivity index (χ3v) is 6.02. The third-order valence-electron chi connectivity index (χ3n) is 6.02. The summed E-state index contributed by atoms with van der Waals surface area (Å²) in [4.78, 5) is 15.8. The van der Waals surface area contributed by atoms with Gasteiger partial charge in [-0.05, 0) is 48.9 Å². The van der Waals surface area contributed by atoms with Crippen LogP contribution in [-0.4, -0.2) is 23.6 Å². The molecule has 1 aliphatic heterocycles. The molecule has 1 aliphatic carbocycles. The highest BCUT2D eigenvalue weighted by Gasteiger charge is 2.34. The Morgan fingerprint density at radius 1 is 1.24 bits per heavy atom. The van der Waals surface area contributed by atoms with E-state index in [2.05, 4.69) is 35.4 Å². The van der Waals surface area contributed by atoms with Gasteiger partial charge in [0, 0.05) is 29.1 Å². The van der Waals surface area contributed by atoms with Crippen LogP contribution in [0, 0.1) is 0 Å². The molecule has 2 aliphatic rings. The van der Waals surface area contributed by atoms with Gasteiger partial charge in [-0.15, -0.1) is 0 Å². The van der Waals surface area contributed by atoms with Gasteiger partial charge in [0.05, 0.1) is 6.61 Å². The van der Waals surface area contributed by atoms with Gasteiger partial charge in [0.1, 0.15) is 6.04 Å². The summed E-state index contributed by atoms with van der Waals surface area (Å²) in [7, 11) is 0. The molecule has 1 aromatic heterocycles. The molecular formula is C21H28N2O2. The van der Waals surface area contributed by atoms with E-state index in [4.69, 9.17) is 4.74 Å². The molecule has 1 aromatic carbocycles. The number of hydrogen-bond donors (Lipinski definition) is 2. The Bertz CT molecular complexity index is 774. The molecule has 1 fully saturated rings. The average molecular weight is 340 g/mol. The second-order valence-corrected chi connectivity index (χ2v) is 7.56. The van der Waals surface area contributed by atoms with Crippen molar-refractivity contribution in [3.05, 3.63) is 35.0 Å². The van der Waals surface area contributed by atoms with E-state index in [9.17, 15) is 4.79 Å². The fourth-order valence-electron chi connectivity index (χ4n) is 4.71. The Balaban J connectivity index is 1.71. The molecule has 4 nitrogen and oxygen atoms in total. The van der Waals surface area contributed by atoms with Crippen molar-refractivity contribution in [3.63, 3.8) is 0 Å². The fourth-order valence-corrected chi connectivity index (χ4v) is 4.71. The minimum Gasteiger partial charge on any atom is -0.465 e. The van der Waals surface area contributed by atoms with Gasteiger partial charge in [0.15, 0.2) is 0 Å². The van der Waals surface area contributed by atoms with E-state index >= 15 is 0 Å². The standard InChI is InChI=1S/C21H28N2O2/c1-3-25-21(24)20-13(2)19-16-11-15(14-7-5-4-6-8-14)9-10-17(16)23-18(19)12-22-20/h9-11,13-14,20,22-23H,3-8,12H2,1-2H3. The first-order chi connectivity index (χ1) is 12.2. The zero-order valence-corrected chi connectivity index (χ0v) is 15.2. The van der Waals surface area contributed by atoms with Crippen molar-refractivity contribution in [1.29, 1.82) is 0 Å². The predicted octanol–water partition coefficient (Wildman–Crippen LogP) is 4.35. The van der Waals surface area contributed by atoms with Crippen molar-refractivity contribution in [2.75, 3.05) is 6.61 Å². The number of rotatable bonds is 3. The highest BCUT2D eigenvalue weighted by atomic mass is 16.5. The number of esters is 1. The molecule has 2 aromatic rings. The molecule has 25 heavy (non-hydrogen) atoms. The molecule has 2 unspecified atom stereocenters. The molecule has 2 heterocycles. The van der Waals surface area contributed by atoms with Gasteiger partial charge in [-0.1, -0.05) is 32.3 Å². The number of carbonyl (C=O) groups excluding carboxylic acids is 1. The van der Waals surface area contributed by atoms with Crippen molar-refractivity contribution in [2.45, 2.75) is 70.4 Å². The van der Waals surface area contributed by atoms with Crippen LogP contribution in [0.5, 0.6) is 0 Å². The van der Waals surface area contributed by atoms with Gasteiger partial charge < -0.3 is 9.72 Å². The number of aromatic amines is 1. The van der Waals surface area contributed by atoms with Gasteiger partial charge in [-0.3, -0.25) is 10.1 Å². The summed E-state index contributed by atoms with van der Waals surface area (Å²) in [6.45, 7) is 5.11. The summed E-state index contributed by atoms with van der Waals surface area (Å²) in [6.07, 6.45) is 6.68. The van der Waals surface area contributed by atoms with Crippen LogP contribution in [0.1, 0.15) is 74.6 Å². The van der Waals surface area contributed by atoms with Crippen LogP contribution in [0.4, 0.5) is 0 Å². The van der Waals surface area contributed by atoms with Crippen LogP contribution in [0.3, 0.4) is 0 Å². The lowest BCUT2D eigenvalue weighted by Crippen LogP contribution is -2.44. The number of fused-ring (bicyclic) bond motifs is 3. The van der Waals surface area contributed by atoms with Crippen LogP contribution < -0.4 is 5.32 Å². The highest BCUT2D eigenvalue weighted by molar-refractivity contribution is 5.88. The molecular weight excluding hydrogens is 312 g/mol. The van der Waals surface area contributed by atoms with E-state index in [-0.39, 0.29) is 17.9 Å². The Labute approximate surface area is 149 Å². The second-order valence-electron chi connectivity index (χ2n) is 7.56. The van der Waals surface area contributed by atoms with Crippen LogP contribution in [0.25, 0.3) is 10.9 Å². The molecule has 0 amide bonds. The lowest BCUT2D eigenvalue weighted by Gasteiger charge is -2.29. The number of ether oxygens (including phenoxy) is 1. The number of aromatic nitrogens is 1. The average Bonchev–Trinajstić information content (AvgIpc) is 3.01. The molecule has 4 heteroatoms. The Morgan fingerprint density at radius 3 is 2.80 bits per heavy atom.